The van der Waals surface area contributed by atoms with Crippen LogP contribution in [0.4, 0.5) is 0 Å². The first-order chi connectivity index (χ1) is 14.9. The van der Waals surface area contributed by atoms with Crippen LogP contribution in [0, 0.1) is 0 Å². The Balaban J connectivity index is 1.43. The molecule has 1 amide bonds. The fourth-order valence-corrected chi connectivity index (χ4v) is 4.85. The zero-order valence-electron chi connectivity index (χ0n) is 17.8. The van der Waals surface area contributed by atoms with Crippen molar-refractivity contribution in [3.05, 3.63) is 65.7 Å². The average Bonchev–Trinajstić information content (AvgIpc) is 2.79. The monoisotopic (exact) mass is 443 g/mol. The second kappa shape index (κ2) is 10.7. The minimum Gasteiger partial charge on any atom is -0.352 e. The minimum absolute atomic E-state index is 0.0329. The molecule has 0 spiro atoms. The fraction of sp³-hybridized carbons (Fsp3) is 0.391. The number of nitrogens with one attached hydrogen (secondary N) is 1. The number of hydrogen-bond donors (Lipinski definition) is 1. The molecule has 0 bridgehead atoms. The Morgan fingerprint density at radius 1 is 0.903 bits per heavy atom. The Kier molecular flexibility index (Phi) is 7.95. The summed E-state index contributed by atoms with van der Waals surface area (Å²) in [4.78, 5) is 26.5. The summed E-state index contributed by atoms with van der Waals surface area (Å²) in [6, 6.07) is 15.7. The van der Waals surface area contributed by atoms with Gasteiger partial charge >= 0.3 is 0 Å². The summed E-state index contributed by atoms with van der Waals surface area (Å²) in [7, 11) is -1.51. The molecule has 0 aliphatic carbocycles. The highest BCUT2D eigenvalue weighted by Crippen LogP contribution is 2.18. The van der Waals surface area contributed by atoms with Crippen molar-refractivity contribution < 1.29 is 18.0 Å². The molecule has 166 valence electrons. The number of rotatable bonds is 9. The summed E-state index contributed by atoms with van der Waals surface area (Å²) in [5, 5.41) is 2.82. The molecule has 0 atom stereocenters. The number of likely N-dealkylation sites (N-methyl/N-ethyl adjacent to an activating group) is 1. The van der Waals surface area contributed by atoms with Crippen LogP contribution in [0.15, 0.2) is 59.5 Å². The van der Waals surface area contributed by atoms with E-state index in [1.807, 2.05) is 25.2 Å². The van der Waals surface area contributed by atoms with E-state index >= 15 is 0 Å². The van der Waals surface area contributed by atoms with Crippen LogP contribution in [0.3, 0.4) is 0 Å². The number of hydrogen-bond acceptors (Lipinski definition) is 5. The maximum atomic E-state index is 12.8. The van der Waals surface area contributed by atoms with Gasteiger partial charge in [0, 0.05) is 51.1 Å². The number of Topliss-reactive ketones (excluding diaryl/α,β-unsaturated/α-hetero) is 1. The van der Waals surface area contributed by atoms with E-state index in [9.17, 15) is 18.0 Å². The average molecular weight is 444 g/mol. The third-order valence-corrected chi connectivity index (χ3v) is 7.33. The highest BCUT2D eigenvalue weighted by molar-refractivity contribution is 7.89. The Bertz CT molecular complexity index is 983. The second-order valence-electron chi connectivity index (χ2n) is 7.77. The van der Waals surface area contributed by atoms with Crippen molar-refractivity contribution in [2.45, 2.75) is 30.7 Å². The molecule has 0 unspecified atom stereocenters. The Morgan fingerprint density at radius 2 is 1.55 bits per heavy atom. The molecule has 1 saturated heterocycles. The molecule has 3 rings (SSSR count). The van der Waals surface area contributed by atoms with E-state index in [4.69, 9.17) is 0 Å². The van der Waals surface area contributed by atoms with Gasteiger partial charge in [-0.25, -0.2) is 8.42 Å². The standard InChI is InChI=1S/C23H29N3O4S/c1-25-14-16-26(17-15-25)31(29,30)21-12-10-19(11-13-21)18-24-23(28)9-5-8-22(27)20-6-3-2-4-7-20/h2-4,6-7,10-13H,5,8-9,14-18H2,1H3,(H,24,28). The van der Waals surface area contributed by atoms with E-state index in [1.165, 1.54) is 4.31 Å². The van der Waals surface area contributed by atoms with Crippen molar-refractivity contribution in [3.8, 4) is 0 Å². The zero-order valence-corrected chi connectivity index (χ0v) is 18.6. The first-order valence-electron chi connectivity index (χ1n) is 10.5. The number of nitrogens with zero attached hydrogens (tertiary/aromatic N) is 2. The lowest BCUT2D eigenvalue weighted by Gasteiger charge is -2.31. The summed E-state index contributed by atoms with van der Waals surface area (Å²) in [5.74, 6) is -0.0967. The molecule has 0 aromatic heterocycles. The number of ketones is 1. The lowest BCUT2D eigenvalue weighted by Crippen LogP contribution is -2.47. The highest BCUT2D eigenvalue weighted by atomic mass is 32.2. The molecular formula is C23H29N3O4S. The Labute approximate surface area is 184 Å². The molecule has 1 N–H and O–H groups in total. The first-order valence-corrected chi connectivity index (χ1v) is 11.9. The van der Waals surface area contributed by atoms with Crippen LogP contribution in [0.1, 0.15) is 35.2 Å². The SMILES string of the molecule is CN1CCN(S(=O)(=O)c2ccc(CNC(=O)CCCC(=O)c3ccccc3)cc2)CC1. The number of carbonyl (C=O) groups excluding carboxylic acids is 2. The molecule has 1 aliphatic rings. The summed E-state index contributed by atoms with van der Waals surface area (Å²) in [6.45, 7) is 2.74. The van der Waals surface area contributed by atoms with E-state index in [1.54, 1.807) is 36.4 Å². The van der Waals surface area contributed by atoms with Crippen molar-refractivity contribution in [2.24, 2.45) is 0 Å². The predicted molar refractivity (Wildman–Crippen MR) is 119 cm³/mol. The van der Waals surface area contributed by atoms with Gasteiger partial charge < -0.3 is 10.2 Å². The second-order valence-corrected chi connectivity index (χ2v) is 9.71. The van der Waals surface area contributed by atoms with Gasteiger partial charge in [-0.15, -0.1) is 0 Å². The maximum absolute atomic E-state index is 12.8. The van der Waals surface area contributed by atoms with Gasteiger partial charge in [0.15, 0.2) is 5.78 Å². The fourth-order valence-electron chi connectivity index (χ4n) is 3.42. The lowest BCUT2D eigenvalue weighted by molar-refractivity contribution is -0.121. The molecule has 1 heterocycles. The number of carbonyl (C=O) groups is 2. The van der Waals surface area contributed by atoms with E-state index in [0.717, 1.165) is 18.7 Å². The largest absolute Gasteiger partial charge is 0.352 e. The molecule has 0 saturated carbocycles. The molecule has 1 fully saturated rings. The predicted octanol–water partition coefficient (Wildman–Crippen LogP) is 2.29. The highest BCUT2D eigenvalue weighted by Gasteiger charge is 2.27. The van der Waals surface area contributed by atoms with Crippen molar-refractivity contribution in [3.63, 3.8) is 0 Å². The summed E-state index contributed by atoms with van der Waals surface area (Å²) >= 11 is 0. The quantitative estimate of drug-likeness (QED) is 0.601. The van der Waals surface area contributed by atoms with Crippen LogP contribution in [0.5, 0.6) is 0 Å². The molecular weight excluding hydrogens is 414 g/mol. The normalized spacial score (nSPS) is 15.5. The van der Waals surface area contributed by atoms with Crippen molar-refractivity contribution >= 4 is 21.7 Å². The van der Waals surface area contributed by atoms with Gasteiger partial charge in [0.25, 0.3) is 0 Å². The van der Waals surface area contributed by atoms with Gasteiger partial charge in [-0.3, -0.25) is 9.59 Å². The van der Waals surface area contributed by atoms with Crippen molar-refractivity contribution in [2.75, 3.05) is 33.2 Å². The van der Waals surface area contributed by atoms with Crippen LogP contribution >= 0.6 is 0 Å². The van der Waals surface area contributed by atoms with Gasteiger partial charge in [-0.05, 0) is 31.2 Å². The van der Waals surface area contributed by atoms with Gasteiger partial charge in [0.05, 0.1) is 4.90 Å². The number of sulfonamides is 1. The van der Waals surface area contributed by atoms with E-state index in [0.29, 0.717) is 38.0 Å². The molecule has 7 nitrogen and oxygen atoms in total. The smallest absolute Gasteiger partial charge is 0.243 e. The van der Waals surface area contributed by atoms with Gasteiger partial charge in [0.1, 0.15) is 0 Å². The van der Waals surface area contributed by atoms with E-state index in [2.05, 4.69) is 10.2 Å². The van der Waals surface area contributed by atoms with E-state index in [-0.39, 0.29) is 23.0 Å². The lowest BCUT2D eigenvalue weighted by atomic mass is 10.1. The van der Waals surface area contributed by atoms with Crippen LogP contribution in [0.25, 0.3) is 0 Å². The van der Waals surface area contributed by atoms with Crippen LogP contribution in [-0.2, 0) is 21.4 Å². The van der Waals surface area contributed by atoms with Crippen LogP contribution < -0.4 is 5.32 Å². The zero-order chi connectivity index (χ0) is 22.3. The molecule has 2 aromatic carbocycles. The van der Waals surface area contributed by atoms with Gasteiger partial charge in [-0.2, -0.15) is 4.31 Å². The summed E-state index contributed by atoms with van der Waals surface area (Å²) < 4.78 is 27.0. The molecule has 31 heavy (non-hydrogen) atoms. The van der Waals surface area contributed by atoms with Crippen LogP contribution in [0.2, 0.25) is 0 Å². The third kappa shape index (κ3) is 6.46. The van der Waals surface area contributed by atoms with Gasteiger partial charge in [0.2, 0.25) is 15.9 Å². The molecule has 0 radical (unpaired) electrons. The molecule has 2 aromatic rings. The summed E-state index contributed by atoms with van der Waals surface area (Å²) in [5.41, 5.74) is 1.49. The van der Waals surface area contributed by atoms with Crippen molar-refractivity contribution in [1.82, 2.24) is 14.5 Å². The maximum Gasteiger partial charge on any atom is 0.243 e. The minimum atomic E-state index is -3.49. The number of piperazine rings is 1. The molecule has 1 aliphatic heterocycles. The first kappa shape index (κ1) is 23.1. The van der Waals surface area contributed by atoms with Crippen molar-refractivity contribution in [1.29, 1.82) is 0 Å². The Hall–Kier alpha value is -2.55. The van der Waals surface area contributed by atoms with E-state index < -0.39 is 10.0 Å². The van der Waals surface area contributed by atoms with Gasteiger partial charge in [-0.1, -0.05) is 42.5 Å². The summed E-state index contributed by atoms with van der Waals surface area (Å²) in [6.07, 6.45) is 1.09. The Morgan fingerprint density at radius 3 is 2.19 bits per heavy atom. The third-order valence-electron chi connectivity index (χ3n) is 5.42. The van der Waals surface area contributed by atoms with Crippen LogP contribution in [-0.4, -0.2) is 62.5 Å². The number of amides is 1. The number of benzene rings is 2. The molecule has 8 heteroatoms. The topological polar surface area (TPSA) is 86.8 Å².